The van der Waals surface area contributed by atoms with E-state index in [-0.39, 0.29) is 17.7 Å². The van der Waals surface area contributed by atoms with Crippen LogP contribution in [-0.4, -0.2) is 24.4 Å². The van der Waals surface area contributed by atoms with E-state index in [4.69, 9.17) is 4.74 Å². The molecule has 7 heteroatoms. The van der Waals surface area contributed by atoms with Gasteiger partial charge in [-0.05, 0) is 49.8 Å². The van der Waals surface area contributed by atoms with Gasteiger partial charge < -0.3 is 15.4 Å². The van der Waals surface area contributed by atoms with Crippen molar-refractivity contribution in [1.29, 1.82) is 0 Å². The maximum atomic E-state index is 12.7. The lowest BCUT2D eigenvalue weighted by Crippen LogP contribution is -2.22. The van der Waals surface area contributed by atoms with Crippen LogP contribution in [0.3, 0.4) is 0 Å². The van der Waals surface area contributed by atoms with E-state index >= 15 is 0 Å². The summed E-state index contributed by atoms with van der Waals surface area (Å²) in [6, 6.07) is 7.55. The molecule has 1 aliphatic rings. The molecular weight excluding hydrogens is 388 g/mol. The van der Waals surface area contributed by atoms with Crippen LogP contribution in [0.5, 0.6) is 0 Å². The molecule has 0 saturated heterocycles. The van der Waals surface area contributed by atoms with Gasteiger partial charge in [0.1, 0.15) is 5.00 Å². The summed E-state index contributed by atoms with van der Waals surface area (Å²) in [4.78, 5) is 38.0. The molecular formula is C22H26N2O4S. The molecule has 0 aliphatic heterocycles. The first-order valence-electron chi connectivity index (χ1n) is 9.74. The van der Waals surface area contributed by atoms with Gasteiger partial charge in [0.2, 0.25) is 5.91 Å². The van der Waals surface area contributed by atoms with E-state index < -0.39 is 18.5 Å². The van der Waals surface area contributed by atoms with Crippen LogP contribution >= 0.6 is 11.3 Å². The first-order valence-corrected chi connectivity index (χ1v) is 10.6. The van der Waals surface area contributed by atoms with Crippen molar-refractivity contribution in [3.8, 4) is 0 Å². The Kier molecular flexibility index (Phi) is 6.37. The molecule has 0 atom stereocenters. The number of carbonyl (C=O) groups excluding carboxylic acids is 3. The molecule has 2 amide bonds. The molecule has 0 spiro atoms. The van der Waals surface area contributed by atoms with Gasteiger partial charge in [0.05, 0.1) is 5.56 Å². The minimum absolute atomic E-state index is 0.0355. The summed E-state index contributed by atoms with van der Waals surface area (Å²) >= 11 is 1.35. The van der Waals surface area contributed by atoms with Gasteiger partial charge in [-0.15, -0.1) is 11.3 Å². The number of amides is 2. The van der Waals surface area contributed by atoms with E-state index in [9.17, 15) is 14.4 Å². The second-order valence-corrected chi connectivity index (χ2v) is 8.84. The molecule has 0 bridgehead atoms. The fraction of sp³-hybridized carbons (Fsp3) is 0.409. The average Bonchev–Trinajstić information content (AvgIpc) is 3.48. The predicted octanol–water partition coefficient (Wildman–Crippen LogP) is 4.63. The van der Waals surface area contributed by atoms with Crippen molar-refractivity contribution < 1.29 is 19.1 Å². The van der Waals surface area contributed by atoms with Gasteiger partial charge in [-0.1, -0.05) is 32.0 Å². The minimum atomic E-state index is -0.606. The fourth-order valence-electron chi connectivity index (χ4n) is 3.02. The first-order chi connectivity index (χ1) is 13.8. The number of para-hydroxylation sites is 1. The summed E-state index contributed by atoms with van der Waals surface area (Å²) in [5.74, 6) is -0.787. The quantitative estimate of drug-likeness (QED) is 0.647. The first kappa shape index (κ1) is 21.0. The summed E-state index contributed by atoms with van der Waals surface area (Å²) in [5, 5.41) is 6.14. The number of thiophene rings is 1. The van der Waals surface area contributed by atoms with Gasteiger partial charge in [0.15, 0.2) is 6.61 Å². The maximum Gasteiger partial charge on any atom is 0.341 e. The SMILES string of the molecule is Cc1sc(NC(=O)C2CC2)c(C(=O)OCC(=O)Nc2ccccc2C(C)C)c1C. The number of benzene rings is 1. The molecule has 0 radical (unpaired) electrons. The highest BCUT2D eigenvalue weighted by molar-refractivity contribution is 7.16. The number of anilines is 2. The monoisotopic (exact) mass is 414 g/mol. The van der Waals surface area contributed by atoms with E-state index in [1.54, 1.807) is 0 Å². The molecule has 1 fully saturated rings. The van der Waals surface area contributed by atoms with Gasteiger partial charge in [0, 0.05) is 16.5 Å². The molecule has 1 aromatic carbocycles. The number of ether oxygens (including phenoxy) is 1. The number of aryl methyl sites for hydroxylation is 1. The second kappa shape index (κ2) is 8.78. The van der Waals surface area contributed by atoms with Crippen molar-refractivity contribution in [3.63, 3.8) is 0 Å². The molecule has 29 heavy (non-hydrogen) atoms. The highest BCUT2D eigenvalue weighted by Gasteiger charge is 2.31. The third kappa shape index (κ3) is 5.03. The topological polar surface area (TPSA) is 84.5 Å². The van der Waals surface area contributed by atoms with Gasteiger partial charge in [-0.2, -0.15) is 0 Å². The van der Waals surface area contributed by atoms with Crippen LogP contribution < -0.4 is 10.6 Å². The Hall–Kier alpha value is -2.67. The average molecular weight is 415 g/mol. The minimum Gasteiger partial charge on any atom is -0.452 e. The highest BCUT2D eigenvalue weighted by Crippen LogP contribution is 2.36. The number of hydrogen-bond acceptors (Lipinski definition) is 5. The smallest absolute Gasteiger partial charge is 0.341 e. The molecule has 6 nitrogen and oxygen atoms in total. The fourth-order valence-corrected chi connectivity index (χ4v) is 4.08. The molecule has 1 heterocycles. The Labute approximate surface area is 174 Å². The lowest BCUT2D eigenvalue weighted by Gasteiger charge is -2.14. The van der Waals surface area contributed by atoms with Crippen molar-refractivity contribution in [2.45, 2.75) is 46.5 Å². The van der Waals surface area contributed by atoms with Crippen molar-refractivity contribution >= 4 is 39.8 Å². The zero-order valence-electron chi connectivity index (χ0n) is 17.1. The van der Waals surface area contributed by atoms with Crippen LogP contribution in [0.15, 0.2) is 24.3 Å². The standard InChI is InChI=1S/C22H26N2O4S/c1-12(2)16-7-5-6-8-17(16)23-18(25)11-28-22(27)19-13(3)14(4)29-21(19)24-20(26)15-9-10-15/h5-8,12,15H,9-11H2,1-4H3,(H,23,25)(H,24,26). The van der Waals surface area contributed by atoms with Crippen LogP contribution in [0.2, 0.25) is 0 Å². The summed E-state index contributed by atoms with van der Waals surface area (Å²) in [7, 11) is 0. The number of esters is 1. The van der Waals surface area contributed by atoms with Gasteiger partial charge in [-0.3, -0.25) is 9.59 Å². The molecule has 2 aromatic rings. The van der Waals surface area contributed by atoms with E-state index in [0.29, 0.717) is 16.3 Å². The summed E-state index contributed by atoms with van der Waals surface area (Å²) < 4.78 is 5.26. The van der Waals surface area contributed by atoms with Crippen LogP contribution in [-0.2, 0) is 14.3 Å². The predicted molar refractivity (Wildman–Crippen MR) is 115 cm³/mol. The van der Waals surface area contributed by atoms with Crippen LogP contribution in [0.25, 0.3) is 0 Å². The third-order valence-electron chi connectivity index (χ3n) is 4.97. The zero-order chi connectivity index (χ0) is 21.1. The summed E-state index contributed by atoms with van der Waals surface area (Å²) in [6.07, 6.45) is 1.76. The Morgan fingerprint density at radius 2 is 1.83 bits per heavy atom. The lowest BCUT2D eigenvalue weighted by atomic mass is 10.0. The van der Waals surface area contributed by atoms with Crippen molar-refractivity contribution in [3.05, 3.63) is 45.8 Å². The lowest BCUT2D eigenvalue weighted by molar-refractivity contribution is -0.119. The maximum absolute atomic E-state index is 12.7. The number of nitrogens with one attached hydrogen (secondary N) is 2. The van der Waals surface area contributed by atoms with E-state index in [2.05, 4.69) is 10.6 Å². The molecule has 2 N–H and O–H groups in total. The number of carbonyl (C=O) groups is 3. The van der Waals surface area contributed by atoms with Crippen molar-refractivity contribution in [2.75, 3.05) is 17.2 Å². The third-order valence-corrected chi connectivity index (χ3v) is 6.09. The molecule has 3 rings (SSSR count). The summed E-state index contributed by atoms with van der Waals surface area (Å²) in [6.45, 7) is 7.40. The van der Waals surface area contributed by atoms with E-state index in [0.717, 1.165) is 28.8 Å². The molecule has 154 valence electrons. The van der Waals surface area contributed by atoms with E-state index in [1.807, 2.05) is 52.0 Å². The molecule has 1 aliphatic carbocycles. The number of rotatable bonds is 7. The molecule has 0 unspecified atom stereocenters. The normalized spacial score (nSPS) is 13.3. The van der Waals surface area contributed by atoms with Crippen molar-refractivity contribution in [2.24, 2.45) is 5.92 Å². The van der Waals surface area contributed by atoms with Crippen LogP contribution in [0.4, 0.5) is 10.7 Å². The summed E-state index contributed by atoms with van der Waals surface area (Å²) in [5.41, 5.74) is 2.82. The van der Waals surface area contributed by atoms with Gasteiger partial charge in [-0.25, -0.2) is 4.79 Å². The zero-order valence-corrected chi connectivity index (χ0v) is 17.9. The van der Waals surface area contributed by atoms with Gasteiger partial charge >= 0.3 is 5.97 Å². The Balaban J connectivity index is 1.65. The highest BCUT2D eigenvalue weighted by atomic mass is 32.1. The second-order valence-electron chi connectivity index (χ2n) is 7.62. The van der Waals surface area contributed by atoms with Crippen LogP contribution in [0.1, 0.15) is 59.0 Å². The Bertz CT molecular complexity index is 944. The largest absolute Gasteiger partial charge is 0.452 e. The number of hydrogen-bond donors (Lipinski definition) is 2. The van der Waals surface area contributed by atoms with Crippen molar-refractivity contribution in [1.82, 2.24) is 0 Å². The Morgan fingerprint density at radius 3 is 2.48 bits per heavy atom. The molecule has 1 aromatic heterocycles. The molecule has 1 saturated carbocycles. The van der Waals surface area contributed by atoms with E-state index in [1.165, 1.54) is 11.3 Å². The van der Waals surface area contributed by atoms with Gasteiger partial charge in [0.25, 0.3) is 5.91 Å². The Morgan fingerprint density at radius 1 is 1.14 bits per heavy atom. The van der Waals surface area contributed by atoms with Crippen LogP contribution in [0, 0.1) is 19.8 Å².